The summed E-state index contributed by atoms with van der Waals surface area (Å²) in [5, 5.41) is 82.6. The van der Waals surface area contributed by atoms with E-state index in [4.69, 9.17) is 0 Å². The summed E-state index contributed by atoms with van der Waals surface area (Å²) >= 11 is 0. The summed E-state index contributed by atoms with van der Waals surface area (Å²) in [6.07, 6.45) is 0. The van der Waals surface area contributed by atoms with Crippen molar-refractivity contribution < 1.29 is 147 Å². The molecule has 0 spiro atoms. The van der Waals surface area contributed by atoms with Gasteiger partial charge in [0.2, 0.25) is 0 Å². The van der Waals surface area contributed by atoms with Gasteiger partial charge in [0.05, 0.1) is 47.8 Å². The van der Waals surface area contributed by atoms with Crippen LogP contribution in [0, 0.1) is 0 Å². The fourth-order valence-corrected chi connectivity index (χ4v) is 3.36. The number of benzene rings is 4. The topological polar surface area (TPSA) is 321 Å². The van der Waals surface area contributed by atoms with Gasteiger partial charge in [0.15, 0.2) is 0 Å². The van der Waals surface area contributed by atoms with Gasteiger partial charge in [-0.3, -0.25) is 0 Å². The monoisotopic (exact) mass is 908 g/mol. The number of carbonyl (C=O) groups is 8. The van der Waals surface area contributed by atoms with Crippen molar-refractivity contribution in [3.63, 3.8) is 0 Å². The zero-order chi connectivity index (χ0) is 36.6. The van der Waals surface area contributed by atoms with E-state index in [1.54, 1.807) is 0 Å². The summed E-state index contributed by atoms with van der Waals surface area (Å²) in [5.41, 5.74) is -2.91. The summed E-state index contributed by atoms with van der Waals surface area (Å²) < 4.78 is 0. The number of hydrogen-bond acceptors (Lipinski definition) is 16. The third-order valence-corrected chi connectivity index (χ3v) is 5.47. The molecule has 0 bridgehead atoms. The van der Waals surface area contributed by atoms with E-state index in [0.717, 1.165) is 48.5 Å². The van der Waals surface area contributed by atoms with Gasteiger partial charge < -0.3 is 79.2 Å². The first kappa shape index (κ1) is 53.5. The van der Waals surface area contributed by atoms with Gasteiger partial charge in [-0.05, 0) is 0 Å². The molecule has 0 aliphatic heterocycles. The smallest absolute Gasteiger partial charge is 0.545 e. The molecule has 0 N–H and O–H groups in total. The van der Waals surface area contributed by atoms with Crippen LogP contribution >= 0.6 is 0 Å². The fraction of sp³-hybridized carbons (Fsp3) is 0. The number of aromatic carboxylic acids is 8. The third-order valence-electron chi connectivity index (χ3n) is 5.47. The zero-order valence-corrected chi connectivity index (χ0v) is 28.7. The predicted molar refractivity (Wildman–Crippen MR) is 140 cm³/mol. The van der Waals surface area contributed by atoms with Crippen LogP contribution in [0.5, 0.6) is 0 Å². The molecule has 0 amide bonds. The van der Waals surface area contributed by atoms with Crippen LogP contribution in [0.15, 0.2) is 97.1 Å². The van der Waals surface area contributed by atoms with Crippen LogP contribution in [-0.4, -0.2) is 47.8 Å². The Morgan fingerprint density at radius 2 is 0.308 bits per heavy atom. The Bertz CT molecular complexity index is 1480. The molecule has 20 heteroatoms. The predicted octanol–water partition coefficient (Wildman–Crippen LogP) is -6.36. The van der Waals surface area contributed by atoms with Gasteiger partial charge in [0.1, 0.15) is 0 Å². The second-order valence-electron chi connectivity index (χ2n) is 8.48. The largest absolute Gasteiger partial charge is 2.00 e. The molecule has 0 aliphatic carbocycles. The molecular weight excluding hydrogens is 895 g/mol. The number of carboxylic acid groups (broad SMARTS) is 8. The minimum absolute atomic E-state index is 0. The molecular formula is C32H16Cu4O16. The van der Waals surface area contributed by atoms with E-state index >= 15 is 0 Å². The Morgan fingerprint density at radius 3 is 0.365 bits per heavy atom. The van der Waals surface area contributed by atoms with E-state index in [2.05, 4.69) is 0 Å². The van der Waals surface area contributed by atoms with Crippen LogP contribution in [0.2, 0.25) is 0 Å². The molecule has 4 aromatic rings. The van der Waals surface area contributed by atoms with E-state index in [1.165, 1.54) is 48.5 Å². The van der Waals surface area contributed by atoms with E-state index in [0.29, 0.717) is 0 Å². The van der Waals surface area contributed by atoms with Crippen molar-refractivity contribution in [3.8, 4) is 0 Å². The standard InChI is InChI=1S/4C8H6O4.4Cu/c4*9-7(10)5-3-1-2-4-6(5)8(11)12;;;;/h4*1-4H,(H,9,10)(H,11,12);;;;/q;;;;4*+2/p-8. The van der Waals surface area contributed by atoms with Gasteiger partial charge in [-0.1, -0.05) is 97.1 Å². The molecule has 0 atom stereocenters. The van der Waals surface area contributed by atoms with Gasteiger partial charge in [0.25, 0.3) is 0 Å². The second kappa shape index (κ2) is 26.5. The molecule has 0 saturated carbocycles. The molecule has 0 aromatic heterocycles. The fourth-order valence-electron chi connectivity index (χ4n) is 3.36. The van der Waals surface area contributed by atoms with Crippen LogP contribution in [0.4, 0.5) is 0 Å². The van der Waals surface area contributed by atoms with Crippen LogP contribution in [0.1, 0.15) is 82.9 Å². The van der Waals surface area contributed by atoms with Gasteiger partial charge in [-0.2, -0.15) is 0 Å². The zero-order valence-electron chi connectivity index (χ0n) is 25.0. The SMILES string of the molecule is O=C([O-])c1ccccc1C(=O)[O-].O=C([O-])c1ccccc1C(=O)[O-].O=C([O-])c1ccccc1C(=O)[O-].O=C([O-])c1ccccc1C(=O)[O-].[Cu+2].[Cu+2].[Cu+2].[Cu+2]. The van der Waals surface area contributed by atoms with Crippen molar-refractivity contribution in [2.45, 2.75) is 0 Å². The summed E-state index contributed by atoms with van der Waals surface area (Å²) in [7, 11) is 0. The van der Waals surface area contributed by atoms with Crippen molar-refractivity contribution in [2.75, 3.05) is 0 Å². The van der Waals surface area contributed by atoms with Crippen LogP contribution in [-0.2, 0) is 68.3 Å². The van der Waals surface area contributed by atoms with E-state index in [9.17, 15) is 79.2 Å². The summed E-state index contributed by atoms with van der Waals surface area (Å²) in [6.45, 7) is 0. The van der Waals surface area contributed by atoms with Crippen molar-refractivity contribution in [1.29, 1.82) is 0 Å². The first-order chi connectivity index (χ1) is 22.5. The van der Waals surface area contributed by atoms with Gasteiger partial charge in [-0.25, -0.2) is 0 Å². The number of rotatable bonds is 8. The molecule has 4 radical (unpaired) electrons. The molecule has 4 rings (SSSR count). The molecule has 0 heterocycles. The Kier molecular flexibility index (Phi) is 27.3. The first-order valence-electron chi connectivity index (χ1n) is 12.6. The quantitative estimate of drug-likeness (QED) is 0.148. The van der Waals surface area contributed by atoms with Crippen molar-refractivity contribution >= 4 is 47.8 Å². The van der Waals surface area contributed by atoms with Gasteiger partial charge in [-0.15, -0.1) is 0 Å². The molecule has 16 nitrogen and oxygen atoms in total. The Labute approximate surface area is 335 Å². The number of hydrogen-bond donors (Lipinski definition) is 0. The summed E-state index contributed by atoms with van der Waals surface area (Å²) in [5.74, 6) is -12.1. The van der Waals surface area contributed by atoms with Crippen molar-refractivity contribution in [1.82, 2.24) is 0 Å². The second-order valence-corrected chi connectivity index (χ2v) is 8.48. The summed E-state index contributed by atoms with van der Waals surface area (Å²) in [6, 6.07) is 20.5. The van der Waals surface area contributed by atoms with Crippen LogP contribution in [0.3, 0.4) is 0 Å². The minimum Gasteiger partial charge on any atom is -0.545 e. The van der Waals surface area contributed by atoms with Crippen molar-refractivity contribution in [3.05, 3.63) is 142 Å². The van der Waals surface area contributed by atoms with Crippen LogP contribution in [0.25, 0.3) is 0 Å². The molecule has 0 aliphatic rings. The molecule has 52 heavy (non-hydrogen) atoms. The maximum atomic E-state index is 10.3. The average Bonchev–Trinajstić information content (AvgIpc) is 3.05. The molecule has 0 saturated heterocycles. The van der Waals surface area contributed by atoms with Gasteiger partial charge >= 0.3 is 68.3 Å². The normalized spacial score (nSPS) is 8.62. The van der Waals surface area contributed by atoms with Gasteiger partial charge in [0, 0.05) is 44.5 Å². The van der Waals surface area contributed by atoms with E-state index < -0.39 is 47.8 Å². The Morgan fingerprint density at radius 1 is 0.231 bits per heavy atom. The van der Waals surface area contributed by atoms with Crippen LogP contribution < -0.4 is 40.9 Å². The summed E-state index contributed by atoms with van der Waals surface area (Å²) in [4.78, 5) is 82.6. The maximum Gasteiger partial charge on any atom is 2.00 e. The molecule has 0 unspecified atom stereocenters. The molecule has 284 valence electrons. The number of carbonyl (C=O) groups excluding carboxylic acids is 8. The molecule has 0 fully saturated rings. The average molecular weight is 911 g/mol. The Hall–Kier alpha value is -5.28. The Balaban J connectivity index is -0.000000288. The van der Waals surface area contributed by atoms with E-state index in [-0.39, 0.29) is 113 Å². The minimum atomic E-state index is -1.52. The number of carboxylic acids is 8. The van der Waals surface area contributed by atoms with E-state index in [1.807, 2.05) is 0 Å². The molecule has 4 aromatic carbocycles. The van der Waals surface area contributed by atoms with Crippen molar-refractivity contribution in [2.24, 2.45) is 0 Å². The first-order valence-corrected chi connectivity index (χ1v) is 12.6. The third kappa shape index (κ3) is 17.1. The maximum absolute atomic E-state index is 10.3.